The minimum absolute atomic E-state index is 0.0747. The highest BCUT2D eigenvalue weighted by Crippen LogP contribution is 1.83. The zero-order valence-electron chi connectivity index (χ0n) is 10.3. The number of unbranched alkanes of at least 4 members (excludes halogenated alkanes) is 1. The topological polar surface area (TPSA) is 53.2 Å². The standard InChI is InChI=1S/C11H23N3OS/c1-3-5-8-13-11(16)14-9-6-10(15)12-7-4-2/h3-9H2,1-2H3,(H,12,15)(H2,13,14,16). The third-order valence-corrected chi connectivity index (χ3v) is 2.31. The van der Waals surface area contributed by atoms with Crippen molar-refractivity contribution in [2.75, 3.05) is 19.6 Å². The summed E-state index contributed by atoms with van der Waals surface area (Å²) in [4.78, 5) is 11.2. The Bertz CT molecular complexity index is 209. The van der Waals surface area contributed by atoms with Crippen LogP contribution in [0.2, 0.25) is 0 Å². The Kier molecular flexibility index (Phi) is 10.1. The number of nitrogens with one attached hydrogen (secondary N) is 3. The van der Waals surface area contributed by atoms with E-state index in [9.17, 15) is 4.79 Å². The number of carbonyl (C=O) groups is 1. The highest BCUT2D eigenvalue weighted by atomic mass is 32.1. The molecule has 0 atom stereocenters. The molecule has 0 fully saturated rings. The van der Waals surface area contributed by atoms with Crippen LogP contribution in [0.1, 0.15) is 39.5 Å². The van der Waals surface area contributed by atoms with Crippen molar-refractivity contribution in [2.45, 2.75) is 39.5 Å². The molecule has 0 radical (unpaired) electrons. The molecule has 3 N–H and O–H groups in total. The van der Waals surface area contributed by atoms with Gasteiger partial charge in [0.25, 0.3) is 0 Å². The summed E-state index contributed by atoms with van der Waals surface area (Å²) in [5.41, 5.74) is 0. The Hall–Kier alpha value is -0.840. The van der Waals surface area contributed by atoms with Crippen LogP contribution in [-0.4, -0.2) is 30.7 Å². The van der Waals surface area contributed by atoms with Gasteiger partial charge in [-0.15, -0.1) is 0 Å². The van der Waals surface area contributed by atoms with E-state index in [1.165, 1.54) is 0 Å². The van der Waals surface area contributed by atoms with Crippen molar-refractivity contribution in [1.29, 1.82) is 0 Å². The van der Waals surface area contributed by atoms with Gasteiger partial charge < -0.3 is 16.0 Å². The summed E-state index contributed by atoms with van der Waals surface area (Å²) in [6.45, 7) is 6.40. The molecule has 0 saturated heterocycles. The van der Waals surface area contributed by atoms with Crippen LogP contribution < -0.4 is 16.0 Å². The summed E-state index contributed by atoms with van der Waals surface area (Å²) in [6, 6.07) is 0. The second-order valence-electron chi connectivity index (χ2n) is 3.64. The van der Waals surface area contributed by atoms with Gasteiger partial charge in [-0.3, -0.25) is 4.79 Å². The van der Waals surface area contributed by atoms with Crippen molar-refractivity contribution in [3.8, 4) is 0 Å². The second-order valence-corrected chi connectivity index (χ2v) is 4.04. The van der Waals surface area contributed by atoms with E-state index in [4.69, 9.17) is 12.2 Å². The molecule has 0 bridgehead atoms. The Balaban J connectivity index is 3.36. The third kappa shape index (κ3) is 9.71. The fraction of sp³-hybridized carbons (Fsp3) is 0.818. The number of carbonyl (C=O) groups excluding carboxylic acids is 1. The van der Waals surface area contributed by atoms with Gasteiger partial charge in [-0.1, -0.05) is 20.3 Å². The molecule has 0 aliphatic heterocycles. The first-order valence-corrected chi connectivity index (χ1v) is 6.39. The quantitative estimate of drug-likeness (QED) is 0.444. The molecule has 0 saturated carbocycles. The molecule has 0 aromatic carbocycles. The first-order chi connectivity index (χ1) is 7.70. The summed E-state index contributed by atoms with van der Waals surface area (Å²) < 4.78 is 0. The first kappa shape index (κ1) is 15.2. The molecule has 0 aromatic rings. The lowest BCUT2D eigenvalue weighted by molar-refractivity contribution is -0.120. The van der Waals surface area contributed by atoms with Crippen LogP contribution in [0.15, 0.2) is 0 Å². The highest BCUT2D eigenvalue weighted by molar-refractivity contribution is 7.80. The Morgan fingerprint density at radius 3 is 2.31 bits per heavy atom. The van der Waals surface area contributed by atoms with Crippen LogP contribution in [0.4, 0.5) is 0 Å². The van der Waals surface area contributed by atoms with Crippen LogP contribution in [0.5, 0.6) is 0 Å². The monoisotopic (exact) mass is 245 g/mol. The van der Waals surface area contributed by atoms with Crippen LogP contribution in [0, 0.1) is 0 Å². The lowest BCUT2D eigenvalue weighted by Crippen LogP contribution is -2.38. The van der Waals surface area contributed by atoms with Crippen LogP contribution in [0.25, 0.3) is 0 Å². The van der Waals surface area contributed by atoms with Crippen LogP contribution >= 0.6 is 12.2 Å². The van der Waals surface area contributed by atoms with Crippen molar-refractivity contribution in [1.82, 2.24) is 16.0 Å². The van der Waals surface area contributed by atoms with Gasteiger partial charge in [0.1, 0.15) is 0 Å². The van der Waals surface area contributed by atoms with E-state index in [-0.39, 0.29) is 5.91 Å². The SMILES string of the molecule is CCCCNC(=S)NCCC(=O)NCCC. The Labute approximate surface area is 104 Å². The van der Waals surface area contributed by atoms with E-state index in [0.717, 1.165) is 32.4 Å². The summed E-state index contributed by atoms with van der Waals surface area (Å²) in [7, 11) is 0. The van der Waals surface area contributed by atoms with Gasteiger partial charge in [-0.25, -0.2) is 0 Å². The van der Waals surface area contributed by atoms with Crippen LogP contribution in [-0.2, 0) is 4.79 Å². The molecular weight excluding hydrogens is 222 g/mol. The predicted octanol–water partition coefficient (Wildman–Crippen LogP) is 1.17. The van der Waals surface area contributed by atoms with Gasteiger partial charge in [0.05, 0.1) is 0 Å². The molecule has 0 heterocycles. The number of rotatable bonds is 8. The van der Waals surface area contributed by atoms with E-state index < -0.39 is 0 Å². The maximum absolute atomic E-state index is 11.2. The zero-order chi connectivity index (χ0) is 12.2. The number of thiocarbonyl (C=S) groups is 1. The van der Waals surface area contributed by atoms with Gasteiger partial charge in [0.15, 0.2) is 5.11 Å². The van der Waals surface area contributed by atoms with Gasteiger partial charge in [0.2, 0.25) is 5.91 Å². The summed E-state index contributed by atoms with van der Waals surface area (Å²) in [5, 5.41) is 9.55. The molecular formula is C11H23N3OS. The van der Waals surface area contributed by atoms with Crippen molar-refractivity contribution < 1.29 is 4.79 Å². The highest BCUT2D eigenvalue weighted by Gasteiger charge is 2.00. The lowest BCUT2D eigenvalue weighted by Gasteiger charge is -2.09. The molecule has 0 unspecified atom stereocenters. The number of hydrogen-bond acceptors (Lipinski definition) is 2. The van der Waals surface area contributed by atoms with Gasteiger partial charge in [0, 0.05) is 26.1 Å². The molecule has 16 heavy (non-hydrogen) atoms. The number of amides is 1. The van der Waals surface area contributed by atoms with E-state index in [1.807, 2.05) is 6.92 Å². The van der Waals surface area contributed by atoms with Gasteiger partial charge in [-0.2, -0.15) is 0 Å². The Morgan fingerprint density at radius 1 is 1.00 bits per heavy atom. The van der Waals surface area contributed by atoms with Crippen molar-refractivity contribution in [3.05, 3.63) is 0 Å². The minimum atomic E-state index is 0.0747. The maximum Gasteiger partial charge on any atom is 0.221 e. The zero-order valence-corrected chi connectivity index (χ0v) is 11.1. The fourth-order valence-electron chi connectivity index (χ4n) is 1.08. The molecule has 0 aliphatic rings. The maximum atomic E-state index is 11.2. The molecule has 0 aromatic heterocycles. The van der Waals surface area contributed by atoms with Crippen molar-refractivity contribution in [2.24, 2.45) is 0 Å². The van der Waals surface area contributed by atoms with E-state index >= 15 is 0 Å². The number of hydrogen-bond donors (Lipinski definition) is 3. The van der Waals surface area contributed by atoms with Gasteiger partial charge in [-0.05, 0) is 25.1 Å². The van der Waals surface area contributed by atoms with E-state index in [2.05, 4.69) is 22.9 Å². The summed E-state index contributed by atoms with van der Waals surface area (Å²) in [6.07, 6.45) is 3.69. The average molecular weight is 245 g/mol. The minimum Gasteiger partial charge on any atom is -0.363 e. The molecule has 4 nitrogen and oxygen atoms in total. The summed E-state index contributed by atoms with van der Waals surface area (Å²) >= 11 is 5.05. The van der Waals surface area contributed by atoms with Gasteiger partial charge >= 0.3 is 0 Å². The lowest BCUT2D eigenvalue weighted by atomic mass is 10.3. The van der Waals surface area contributed by atoms with Crippen molar-refractivity contribution in [3.63, 3.8) is 0 Å². The molecule has 1 amide bonds. The smallest absolute Gasteiger partial charge is 0.221 e. The van der Waals surface area contributed by atoms with E-state index in [1.54, 1.807) is 0 Å². The Morgan fingerprint density at radius 2 is 1.69 bits per heavy atom. The normalized spacial score (nSPS) is 9.62. The fourth-order valence-corrected chi connectivity index (χ4v) is 1.29. The molecule has 0 aliphatic carbocycles. The second kappa shape index (κ2) is 10.7. The van der Waals surface area contributed by atoms with E-state index in [0.29, 0.717) is 18.1 Å². The third-order valence-electron chi connectivity index (χ3n) is 2.03. The average Bonchev–Trinajstić information content (AvgIpc) is 2.26. The van der Waals surface area contributed by atoms with Crippen molar-refractivity contribution >= 4 is 23.2 Å². The largest absolute Gasteiger partial charge is 0.363 e. The predicted molar refractivity (Wildman–Crippen MR) is 71.4 cm³/mol. The molecule has 0 spiro atoms. The molecule has 5 heteroatoms. The summed E-state index contributed by atoms with van der Waals surface area (Å²) in [5.74, 6) is 0.0747. The first-order valence-electron chi connectivity index (χ1n) is 5.99. The van der Waals surface area contributed by atoms with Crippen LogP contribution in [0.3, 0.4) is 0 Å². The molecule has 94 valence electrons. The molecule has 0 rings (SSSR count).